The SMILES string of the molecule is CCOC(=O)/C=C(\C)NC(=O)c1cccs1. The van der Waals surface area contributed by atoms with Crippen LogP contribution in [0.4, 0.5) is 0 Å². The molecule has 86 valence electrons. The summed E-state index contributed by atoms with van der Waals surface area (Å²) in [6.07, 6.45) is 1.26. The maximum absolute atomic E-state index is 11.6. The summed E-state index contributed by atoms with van der Waals surface area (Å²) < 4.78 is 4.72. The van der Waals surface area contributed by atoms with E-state index in [2.05, 4.69) is 5.32 Å². The molecule has 5 heteroatoms. The lowest BCUT2D eigenvalue weighted by Gasteiger charge is -2.03. The van der Waals surface area contributed by atoms with Crippen LogP contribution in [0.1, 0.15) is 23.5 Å². The summed E-state index contributed by atoms with van der Waals surface area (Å²) in [7, 11) is 0. The Hall–Kier alpha value is -1.62. The van der Waals surface area contributed by atoms with Crippen LogP contribution in [0.2, 0.25) is 0 Å². The number of esters is 1. The van der Waals surface area contributed by atoms with Gasteiger partial charge in [-0.3, -0.25) is 4.79 Å². The van der Waals surface area contributed by atoms with Gasteiger partial charge in [0, 0.05) is 11.8 Å². The minimum atomic E-state index is -0.452. The Morgan fingerprint density at radius 2 is 2.31 bits per heavy atom. The highest BCUT2D eigenvalue weighted by Crippen LogP contribution is 2.08. The molecule has 1 aromatic rings. The monoisotopic (exact) mass is 239 g/mol. The molecule has 0 saturated heterocycles. The molecule has 0 aromatic carbocycles. The van der Waals surface area contributed by atoms with Crippen molar-refractivity contribution in [3.63, 3.8) is 0 Å². The van der Waals surface area contributed by atoms with Crippen molar-refractivity contribution in [1.82, 2.24) is 5.32 Å². The molecule has 0 aliphatic rings. The molecule has 1 heterocycles. The number of nitrogens with one attached hydrogen (secondary N) is 1. The first-order valence-corrected chi connectivity index (χ1v) is 5.71. The normalized spacial score (nSPS) is 11.0. The van der Waals surface area contributed by atoms with Crippen LogP contribution in [-0.4, -0.2) is 18.5 Å². The van der Waals surface area contributed by atoms with E-state index in [0.29, 0.717) is 17.2 Å². The molecule has 1 N–H and O–H groups in total. The highest BCUT2D eigenvalue weighted by Gasteiger charge is 2.07. The first-order chi connectivity index (χ1) is 7.63. The number of carbonyl (C=O) groups excluding carboxylic acids is 2. The van der Waals surface area contributed by atoms with Crippen LogP contribution in [0.3, 0.4) is 0 Å². The standard InChI is InChI=1S/C11H13NO3S/c1-3-15-10(13)7-8(2)12-11(14)9-5-4-6-16-9/h4-7H,3H2,1-2H3,(H,12,14)/b8-7+. The first kappa shape index (κ1) is 12.4. The van der Waals surface area contributed by atoms with E-state index >= 15 is 0 Å². The summed E-state index contributed by atoms with van der Waals surface area (Å²) in [5.41, 5.74) is 0.469. The fourth-order valence-corrected chi connectivity index (χ4v) is 1.66. The van der Waals surface area contributed by atoms with E-state index in [1.165, 1.54) is 17.4 Å². The summed E-state index contributed by atoms with van der Waals surface area (Å²) in [4.78, 5) is 23.2. The van der Waals surface area contributed by atoms with Gasteiger partial charge in [-0.2, -0.15) is 0 Å². The minimum absolute atomic E-state index is 0.215. The molecule has 0 spiro atoms. The second kappa shape index (κ2) is 6.07. The molecule has 0 bridgehead atoms. The van der Waals surface area contributed by atoms with Crippen LogP contribution in [0.5, 0.6) is 0 Å². The maximum atomic E-state index is 11.6. The minimum Gasteiger partial charge on any atom is -0.463 e. The molecule has 0 aliphatic carbocycles. The van der Waals surface area contributed by atoms with Crippen molar-refractivity contribution >= 4 is 23.2 Å². The zero-order chi connectivity index (χ0) is 12.0. The Labute approximate surface area is 97.9 Å². The van der Waals surface area contributed by atoms with Crippen molar-refractivity contribution < 1.29 is 14.3 Å². The maximum Gasteiger partial charge on any atom is 0.332 e. The average molecular weight is 239 g/mol. The number of ether oxygens (including phenoxy) is 1. The topological polar surface area (TPSA) is 55.4 Å². The van der Waals surface area contributed by atoms with Gasteiger partial charge in [0.25, 0.3) is 5.91 Å². The third-order valence-electron chi connectivity index (χ3n) is 1.68. The van der Waals surface area contributed by atoms with Crippen LogP contribution in [-0.2, 0) is 9.53 Å². The summed E-state index contributed by atoms with van der Waals surface area (Å²) in [6.45, 7) is 3.69. The van der Waals surface area contributed by atoms with Crippen molar-refractivity contribution in [2.75, 3.05) is 6.61 Å². The number of allylic oxidation sites excluding steroid dienone is 1. The Bertz CT molecular complexity index is 395. The molecule has 1 amide bonds. The van der Waals surface area contributed by atoms with Gasteiger partial charge in [-0.05, 0) is 25.3 Å². The van der Waals surface area contributed by atoms with Gasteiger partial charge in [0.1, 0.15) is 0 Å². The third-order valence-corrected chi connectivity index (χ3v) is 2.55. The zero-order valence-electron chi connectivity index (χ0n) is 9.15. The molecule has 0 saturated carbocycles. The molecule has 0 atom stereocenters. The van der Waals surface area contributed by atoms with Gasteiger partial charge >= 0.3 is 5.97 Å². The van der Waals surface area contributed by atoms with Crippen LogP contribution >= 0.6 is 11.3 Å². The van der Waals surface area contributed by atoms with Gasteiger partial charge in [0.2, 0.25) is 0 Å². The third kappa shape index (κ3) is 3.86. The van der Waals surface area contributed by atoms with Crippen LogP contribution < -0.4 is 5.32 Å². The second-order valence-corrected chi connectivity index (χ2v) is 3.96. The van der Waals surface area contributed by atoms with Gasteiger partial charge in [-0.1, -0.05) is 6.07 Å². The molecule has 4 nitrogen and oxygen atoms in total. The van der Waals surface area contributed by atoms with E-state index in [1.807, 2.05) is 5.38 Å². The summed E-state index contributed by atoms with van der Waals surface area (Å²) in [5.74, 6) is -0.667. The summed E-state index contributed by atoms with van der Waals surface area (Å²) in [6, 6.07) is 3.52. The van der Waals surface area contributed by atoms with Crippen molar-refractivity contribution in [3.05, 3.63) is 34.2 Å². The van der Waals surface area contributed by atoms with E-state index in [9.17, 15) is 9.59 Å². The van der Waals surface area contributed by atoms with Crippen molar-refractivity contribution in [2.45, 2.75) is 13.8 Å². The van der Waals surface area contributed by atoms with Gasteiger partial charge in [-0.15, -0.1) is 11.3 Å². The fraction of sp³-hybridized carbons (Fsp3) is 0.273. The molecule has 0 unspecified atom stereocenters. The van der Waals surface area contributed by atoms with E-state index in [0.717, 1.165) is 0 Å². The molecule has 0 radical (unpaired) electrons. The Balaban J connectivity index is 2.54. The second-order valence-electron chi connectivity index (χ2n) is 3.01. The Morgan fingerprint density at radius 1 is 1.56 bits per heavy atom. The van der Waals surface area contributed by atoms with E-state index in [1.54, 1.807) is 26.0 Å². The molecule has 1 aromatic heterocycles. The number of amides is 1. The van der Waals surface area contributed by atoms with Gasteiger partial charge < -0.3 is 10.1 Å². The number of thiophene rings is 1. The molecule has 0 aliphatic heterocycles. The molecule has 0 fully saturated rings. The highest BCUT2D eigenvalue weighted by atomic mass is 32.1. The van der Waals surface area contributed by atoms with E-state index < -0.39 is 5.97 Å². The first-order valence-electron chi connectivity index (χ1n) is 4.83. The number of rotatable bonds is 4. The number of hydrogen-bond acceptors (Lipinski definition) is 4. The van der Waals surface area contributed by atoms with Gasteiger partial charge in [0.05, 0.1) is 11.5 Å². The lowest BCUT2D eigenvalue weighted by Crippen LogP contribution is -2.21. The number of hydrogen-bond donors (Lipinski definition) is 1. The fourth-order valence-electron chi connectivity index (χ4n) is 1.05. The lowest BCUT2D eigenvalue weighted by molar-refractivity contribution is -0.137. The molecular formula is C11H13NO3S. The van der Waals surface area contributed by atoms with Crippen molar-refractivity contribution in [1.29, 1.82) is 0 Å². The molecule has 16 heavy (non-hydrogen) atoms. The number of carbonyl (C=O) groups is 2. The predicted octanol–water partition coefficient (Wildman–Crippen LogP) is 1.94. The smallest absolute Gasteiger partial charge is 0.332 e. The quantitative estimate of drug-likeness (QED) is 0.645. The largest absolute Gasteiger partial charge is 0.463 e. The zero-order valence-corrected chi connectivity index (χ0v) is 9.97. The van der Waals surface area contributed by atoms with E-state index in [-0.39, 0.29) is 5.91 Å². The summed E-state index contributed by atoms with van der Waals surface area (Å²) in [5, 5.41) is 4.42. The van der Waals surface area contributed by atoms with Crippen LogP contribution in [0.25, 0.3) is 0 Å². The van der Waals surface area contributed by atoms with Crippen molar-refractivity contribution in [2.24, 2.45) is 0 Å². The van der Waals surface area contributed by atoms with E-state index in [4.69, 9.17) is 4.74 Å². The predicted molar refractivity (Wildman–Crippen MR) is 62.2 cm³/mol. The Morgan fingerprint density at radius 3 is 2.88 bits per heavy atom. The average Bonchev–Trinajstić information content (AvgIpc) is 2.69. The molecule has 1 rings (SSSR count). The molecular weight excluding hydrogens is 226 g/mol. The van der Waals surface area contributed by atoms with Crippen molar-refractivity contribution in [3.8, 4) is 0 Å². The highest BCUT2D eigenvalue weighted by molar-refractivity contribution is 7.12. The summed E-state index contributed by atoms with van der Waals surface area (Å²) >= 11 is 1.35. The van der Waals surface area contributed by atoms with Crippen LogP contribution in [0.15, 0.2) is 29.3 Å². The van der Waals surface area contributed by atoms with Gasteiger partial charge in [-0.25, -0.2) is 4.79 Å². The van der Waals surface area contributed by atoms with Crippen LogP contribution in [0, 0.1) is 0 Å². The Kier molecular flexibility index (Phi) is 4.72. The van der Waals surface area contributed by atoms with Gasteiger partial charge in [0.15, 0.2) is 0 Å². The lowest BCUT2D eigenvalue weighted by atomic mass is 10.4.